The van der Waals surface area contributed by atoms with E-state index in [9.17, 15) is 0 Å². The molecule has 0 aromatic heterocycles. The normalized spacial score (nSPS) is 12.9. The summed E-state index contributed by atoms with van der Waals surface area (Å²) in [4.78, 5) is 0. The van der Waals surface area contributed by atoms with Gasteiger partial charge >= 0.3 is 0 Å². The summed E-state index contributed by atoms with van der Waals surface area (Å²) in [5.41, 5.74) is 4.24. The molecular weight excluding hydrogens is 374 g/mol. The minimum atomic E-state index is 0.631. The molecule has 0 heterocycles. The van der Waals surface area contributed by atoms with E-state index in [1.165, 1.54) is 16.6 Å². The van der Waals surface area contributed by atoms with Crippen molar-refractivity contribution in [3.8, 4) is 5.75 Å². The Labute approximate surface area is 158 Å². The van der Waals surface area contributed by atoms with Gasteiger partial charge in [-0.2, -0.15) is 0 Å². The van der Waals surface area contributed by atoms with Crippen LogP contribution in [-0.2, 0) is 0 Å². The van der Waals surface area contributed by atoms with Gasteiger partial charge in [0.05, 0.1) is 6.61 Å². The largest absolute Gasteiger partial charge is 0.494 e. The lowest BCUT2D eigenvalue weighted by Crippen LogP contribution is -1.99. The molecule has 126 valence electrons. The lowest BCUT2D eigenvalue weighted by molar-refractivity contribution is 0.310. The molecule has 0 fully saturated rings. The van der Waals surface area contributed by atoms with Crippen LogP contribution in [0.5, 0.6) is 5.75 Å². The highest BCUT2D eigenvalue weighted by Crippen LogP contribution is 2.24. The number of halogens is 4. The van der Waals surface area contributed by atoms with Crippen molar-refractivity contribution in [3.05, 3.63) is 63.1 Å². The molecule has 0 unspecified atom stereocenters. The number of rotatable bonds is 10. The molecule has 0 bridgehead atoms. The predicted octanol–water partition coefficient (Wildman–Crippen LogP) is 7.67. The second kappa shape index (κ2) is 12.8. The zero-order chi connectivity index (χ0) is 16.9. The van der Waals surface area contributed by atoms with E-state index < -0.39 is 0 Å². The first-order valence-corrected chi connectivity index (χ1v) is 9.05. The maximum Gasteiger partial charge on any atom is 0.119 e. The van der Waals surface area contributed by atoms with Gasteiger partial charge in [-0.05, 0) is 49.9 Å². The number of hydrogen-bond acceptors (Lipinski definition) is 1. The van der Waals surface area contributed by atoms with Gasteiger partial charge in [0, 0.05) is 27.5 Å². The third-order valence-corrected chi connectivity index (χ3v) is 4.21. The van der Waals surface area contributed by atoms with Crippen LogP contribution in [0.2, 0.25) is 5.02 Å². The fourth-order valence-corrected chi connectivity index (χ4v) is 2.63. The standard InChI is InChI=1S/C18H20Cl4O/c19-12-2-1-5-15(18(22)7-3-13-20)6-4-14-23-17-10-8-16(21)9-11-17/h2-3,8-13H,1,4-7,14H2/b12-2+,13-3+,18-15+. The molecule has 5 heteroatoms. The van der Waals surface area contributed by atoms with Gasteiger partial charge in [-0.3, -0.25) is 0 Å². The summed E-state index contributed by atoms with van der Waals surface area (Å²) in [7, 11) is 0. The average molecular weight is 394 g/mol. The molecule has 0 radical (unpaired) electrons. The van der Waals surface area contributed by atoms with E-state index in [0.717, 1.165) is 36.5 Å². The summed E-state index contributed by atoms with van der Waals surface area (Å²) in [6.45, 7) is 0.631. The van der Waals surface area contributed by atoms with E-state index in [0.29, 0.717) is 18.1 Å². The van der Waals surface area contributed by atoms with Crippen molar-refractivity contribution in [2.45, 2.75) is 32.1 Å². The zero-order valence-corrected chi connectivity index (χ0v) is 15.8. The number of ether oxygens (including phenoxy) is 1. The van der Waals surface area contributed by atoms with Crippen LogP contribution >= 0.6 is 46.4 Å². The van der Waals surface area contributed by atoms with Gasteiger partial charge < -0.3 is 4.74 Å². The molecule has 1 nitrogen and oxygen atoms in total. The van der Waals surface area contributed by atoms with Crippen molar-refractivity contribution in [3.63, 3.8) is 0 Å². The van der Waals surface area contributed by atoms with Crippen molar-refractivity contribution >= 4 is 46.4 Å². The van der Waals surface area contributed by atoms with Crippen LogP contribution in [0.25, 0.3) is 0 Å². The molecule has 0 spiro atoms. The fourth-order valence-electron chi connectivity index (χ4n) is 2.02. The van der Waals surface area contributed by atoms with Crippen molar-refractivity contribution in [1.82, 2.24) is 0 Å². The van der Waals surface area contributed by atoms with Crippen molar-refractivity contribution in [2.24, 2.45) is 0 Å². The molecule has 0 saturated heterocycles. The van der Waals surface area contributed by atoms with Crippen molar-refractivity contribution in [2.75, 3.05) is 6.61 Å². The highest BCUT2D eigenvalue weighted by Gasteiger charge is 2.04. The Morgan fingerprint density at radius 3 is 2.35 bits per heavy atom. The van der Waals surface area contributed by atoms with Gasteiger partial charge in [0.15, 0.2) is 0 Å². The highest BCUT2D eigenvalue weighted by atomic mass is 35.5. The Bertz CT molecular complexity index is 532. The lowest BCUT2D eigenvalue weighted by atomic mass is 10.0. The molecule has 23 heavy (non-hydrogen) atoms. The Kier molecular flexibility index (Phi) is 11.4. The van der Waals surface area contributed by atoms with E-state index in [4.69, 9.17) is 51.1 Å². The van der Waals surface area contributed by atoms with Gasteiger partial charge in [-0.1, -0.05) is 64.1 Å². The first kappa shape index (κ1) is 20.4. The second-order valence-electron chi connectivity index (χ2n) is 4.88. The van der Waals surface area contributed by atoms with E-state index in [2.05, 4.69) is 0 Å². The van der Waals surface area contributed by atoms with Crippen LogP contribution in [0.3, 0.4) is 0 Å². The minimum Gasteiger partial charge on any atom is -0.494 e. The Hall–Kier alpha value is -0.600. The molecule has 0 N–H and O–H groups in total. The summed E-state index contributed by atoms with van der Waals surface area (Å²) >= 11 is 23.3. The average Bonchev–Trinajstić information content (AvgIpc) is 2.56. The topological polar surface area (TPSA) is 9.23 Å². The Morgan fingerprint density at radius 1 is 1.00 bits per heavy atom. The third kappa shape index (κ3) is 9.32. The van der Waals surface area contributed by atoms with Crippen LogP contribution in [0.15, 0.2) is 58.1 Å². The van der Waals surface area contributed by atoms with E-state index in [1.54, 1.807) is 0 Å². The van der Waals surface area contributed by atoms with Gasteiger partial charge in [0.1, 0.15) is 5.75 Å². The monoisotopic (exact) mass is 392 g/mol. The number of hydrogen-bond donors (Lipinski definition) is 0. The zero-order valence-electron chi connectivity index (χ0n) is 12.8. The van der Waals surface area contributed by atoms with Crippen LogP contribution in [0.4, 0.5) is 0 Å². The summed E-state index contributed by atoms with van der Waals surface area (Å²) in [6.07, 6.45) is 7.96. The smallest absolute Gasteiger partial charge is 0.119 e. The minimum absolute atomic E-state index is 0.631. The van der Waals surface area contributed by atoms with Crippen LogP contribution in [-0.4, -0.2) is 6.61 Å². The molecule has 0 atom stereocenters. The molecule has 0 aliphatic carbocycles. The molecule has 0 amide bonds. The quantitative estimate of drug-likeness (QED) is 0.370. The fraction of sp³-hybridized carbons (Fsp3) is 0.333. The number of allylic oxidation sites excluding steroid dienone is 4. The van der Waals surface area contributed by atoms with Crippen LogP contribution < -0.4 is 4.74 Å². The van der Waals surface area contributed by atoms with E-state index in [1.807, 2.05) is 36.4 Å². The maximum atomic E-state index is 6.38. The highest BCUT2D eigenvalue weighted by molar-refractivity contribution is 6.30. The third-order valence-electron chi connectivity index (χ3n) is 3.18. The molecule has 0 aliphatic rings. The van der Waals surface area contributed by atoms with Gasteiger partial charge in [0.25, 0.3) is 0 Å². The first-order valence-electron chi connectivity index (χ1n) is 7.42. The molecule has 1 rings (SSSR count). The lowest BCUT2D eigenvalue weighted by Gasteiger charge is -2.10. The van der Waals surface area contributed by atoms with Gasteiger partial charge in [-0.25, -0.2) is 0 Å². The van der Waals surface area contributed by atoms with Crippen LogP contribution in [0.1, 0.15) is 32.1 Å². The summed E-state index contributed by atoms with van der Waals surface area (Å²) < 4.78 is 5.70. The summed E-state index contributed by atoms with van der Waals surface area (Å²) in [5.74, 6) is 0.821. The Balaban J connectivity index is 2.47. The molecule has 1 aromatic carbocycles. The molecule has 0 aliphatic heterocycles. The van der Waals surface area contributed by atoms with Gasteiger partial charge in [-0.15, -0.1) is 0 Å². The molecule has 0 saturated carbocycles. The molecule has 1 aromatic rings. The summed E-state index contributed by atoms with van der Waals surface area (Å²) in [5, 5.41) is 1.55. The number of benzene rings is 1. The van der Waals surface area contributed by atoms with Crippen molar-refractivity contribution < 1.29 is 4.74 Å². The van der Waals surface area contributed by atoms with Gasteiger partial charge in [0.2, 0.25) is 0 Å². The maximum absolute atomic E-state index is 6.38. The van der Waals surface area contributed by atoms with E-state index >= 15 is 0 Å². The summed E-state index contributed by atoms with van der Waals surface area (Å²) in [6, 6.07) is 7.36. The van der Waals surface area contributed by atoms with Crippen LogP contribution in [0, 0.1) is 0 Å². The van der Waals surface area contributed by atoms with Crippen molar-refractivity contribution in [1.29, 1.82) is 0 Å². The molecular formula is C18H20Cl4O. The van der Waals surface area contributed by atoms with E-state index in [-0.39, 0.29) is 0 Å². The first-order chi connectivity index (χ1) is 11.2. The predicted molar refractivity (Wildman–Crippen MR) is 103 cm³/mol. The Morgan fingerprint density at radius 2 is 1.70 bits per heavy atom. The second-order valence-corrected chi connectivity index (χ2v) is 6.28. The SMILES string of the molecule is Cl/C=C/CC/C(CCCOc1ccc(Cl)cc1)=C(\Cl)C/C=C/Cl.